The van der Waals surface area contributed by atoms with Gasteiger partial charge in [0.05, 0.1) is 6.42 Å². The van der Waals surface area contributed by atoms with Gasteiger partial charge in [-0.25, -0.2) is 0 Å². The van der Waals surface area contributed by atoms with Gasteiger partial charge in [0.2, 0.25) is 5.91 Å². The number of halogens is 1. The molecule has 4 heteroatoms. The molecule has 0 aromatic heterocycles. The first-order valence-electron chi connectivity index (χ1n) is 6.38. The van der Waals surface area contributed by atoms with Crippen molar-refractivity contribution in [2.24, 2.45) is 0 Å². The van der Waals surface area contributed by atoms with Crippen LogP contribution in [0.1, 0.15) is 18.4 Å². The number of piperidine rings is 1. The second-order valence-corrected chi connectivity index (χ2v) is 5.69. The largest absolute Gasteiger partial charge is 0.341 e. The van der Waals surface area contributed by atoms with Crippen LogP contribution in [-0.2, 0) is 11.2 Å². The number of nitrogens with zero attached hydrogens (tertiary/aromatic N) is 1. The van der Waals surface area contributed by atoms with E-state index in [-0.39, 0.29) is 5.91 Å². The molecule has 1 fully saturated rings. The molecular formula is C14H19BrN2O. The molecule has 18 heavy (non-hydrogen) atoms. The van der Waals surface area contributed by atoms with Crippen LogP contribution in [0.4, 0.5) is 0 Å². The minimum absolute atomic E-state index is 0.234. The third-order valence-electron chi connectivity index (χ3n) is 3.45. The molecule has 0 spiro atoms. The van der Waals surface area contributed by atoms with Gasteiger partial charge in [-0.05, 0) is 37.6 Å². The molecule has 1 aromatic rings. The fourth-order valence-corrected chi connectivity index (χ4v) is 2.59. The molecule has 0 bridgehead atoms. The highest BCUT2D eigenvalue weighted by molar-refractivity contribution is 9.10. The van der Waals surface area contributed by atoms with Gasteiger partial charge in [0.1, 0.15) is 0 Å². The van der Waals surface area contributed by atoms with Gasteiger partial charge in [0.25, 0.3) is 0 Å². The van der Waals surface area contributed by atoms with E-state index in [9.17, 15) is 4.79 Å². The SMILES string of the molecule is CN[C@@H]1CCCN(C(=O)Cc2ccc(Br)cc2)C1. The van der Waals surface area contributed by atoms with Gasteiger partial charge in [-0.2, -0.15) is 0 Å². The predicted molar refractivity (Wildman–Crippen MR) is 76.5 cm³/mol. The Kier molecular flexibility index (Phi) is 4.78. The molecule has 1 atom stereocenters. The summed E-state index contributed by atoms with van der Waals surface area (Å²) in [6.07, 6.45) is 2.76. The minimum Gasteiger partial charge on any atom is -0.341 e. The number of likely N-dealkylation sites (tertiary alicyclic amines) is 1. The van der Waals surface area contributed by atoms with E-state index < -0.39 is 0 Å². The first kappa shape index (κ1) is 13.6. The Bertz CT molecular complexity index is 405. The number of carbonyl (C=O) groups excluding carboxylic acids is 1. The van der Waals surface area contributed by atoms with Gasteiger partial charge in [-0.1, -0.05) is 28.1 Å². The zero-order valence-corrected chi connectivity index (χ0v) is 12.2. The molecule has 0 aliphatic carbocycles. The highest BCUT2D eigenvalue weighted by Crippen LogP contribution is 2.14. The van der Waals surface area contributed by atoms with Crippen LogP contribution in [0.25, 0.3) is 0 Å². The molecule has 1 aromatic carbocycles. The Morgan fingerprint density at radius 2 is 2.17 bits per heavy atom. The second kappa shape index (κ2) is 6.34. The molecule has 1 amide bonds. The summed E-state index contributed by atoms with van der Waals surface area (Å²) in [6, 6.07) is 8.42. The minimum atomic E-state index is 0.234. The third-order valence-corrected chi connectivity index (χ3v) is 3.98. The maximum atomic E-state index is 12.2. The Balaban J connectivity index is 1.93. The monoisotopic (exact) mass is 310 g/mol. The first-order valence-corrected chi connectivity index (χ1v) is 7.18. The zero-order valence-electron chi connectivity index (χ0n) is 10.7. The first-order chi connectivity index (χ1) is 8.69. The lowest BCUT2D eigenvalue weighted by Crippen LogP contribution is -2.47. The molecule has 1 aliphatic rings. The lowest BCUT2D eigenvalue weighted by Gasteiger charge is -2.32. The van der Waals surface area contributed by atoms with E-state index in [1.165, 1.54) is 6.42 Å². The van der Waals surface area contributed by atoms with Crippen molar-refractivity contribution in [2.45, 2.75) is 25.3 Å². The van der Waals surface area contributed by atoms with E-state index in [4.69, 9.17) is 0 Å². The summed E-state index contributed by atoms with van der Waals surface area (Å²) >= 11 is 3.40. The number of hydrogen-bond acceptors (Lipinski definition) is 2. The quantitative estimate of drug-likeness (QED) is 0.928. The van der Waals surface area contributed by atoms with E-state index >= 15 is 0 Å². The summed E-state index contributed by atoms with van der Waals surface area (Å²) in [5, 5.41) is 3.26. The van der Waals surface area contributed by atoms with Crippen molar-refractivity contribution in [3.05, 3.63) is 34.3 Å². The third kappa shape index (κ3) is 3.56. The lowest BCUT2D eigenvalue weighted by molar-refractivity contribution is -0.131. The summed E-state index contributed by atoms with van der Waals surface area (Å²) in [5.74, 6) is 0.234. The van der Waals surface area contributed by atoms with E-state index in [2.05, 4.69) is 21.2 Å². The van der Waals surface area contributed by atoms with Crippen LogP contribution < -0.4 is 5.32 Å². The van der Waals surface area contributed by atoms with Crippen LogP contribution in [-0.4, -0.2) is 37.0 Å². The van der Waals surface area contributed by atoms with Crippen molar-refractivity contribution in [3.8, 4) is 0 Å². The summed E-state index contributed by atoms with van der Waals surface area (Å²) in [5.41, 5.74) is 1.08. The normalized spacial score (nSPS) is 19.9. The standard InChI is InChI=1S/C14H19BrN2O/c1-16-13-3-2-8-17(10-13)14(18)9-11-4-6-12(15)7-5-11/h4-7,13,16H,2-3,8-10H2,1H3/t13-/m1/s1. The van der Waals surface area contributed by atoms with E-state index in [0.29, 0.717) is 12.5 Å². The topological polar surface area (TPSA) is 32.3 Å². The molecule has 1 saturated heterocycles. The summed E-state index contributed by atoms with van der Waals surface area (Å²) < 4.78 is 1.05. The Labute approximate surface area is 117 Å². The van der Waals surface area contributed by atoms with Gasteiger partial charge in [-0.3, -0.25) is 4.79 Å². The lowest BCUT2D eigenvalue weighted by atomic mass is 10.0. The fourth-order valence-electron chi connectivity index (χ4n) is 2.33. The molecular weight excluding hydrogens is 292 g/mol. The van der Waals surface area contributed by atoms with Gasteiger partial charge in [-0.15, -0.1) is 0 Å². The van der Waals surface area contributed by atoms with Crippen LogP contribution in [0.15, 0.2) is 28.7 Å². The van der Waals surface area contributed by atoms with Crippen molar-refractivity contribution in [3.63, 3.8) is 0 Å². The van der Waals surface area contributed by atoms with Crippen molar-refractivity contribution in [1.82, 2.24) is 10.2 Å². The van der Waals surface area contributed by atoms with Gasteiger partial charge >= 0.3 is 0 Å². The Morgan fingerprint density at radius 3 is 2.83 bits per heavy atom. The zero-order chi connectivity index (χ0) is 13.0. The summed E-state index contributed by atoms with van der Waals surface area (Å²) in [6.45, 7) is 1.74. The predicted octanol–water partition coefficient (Wildman–Crippen LogP) is 2.20. The molecule has 2 rings (SSSR count). The number of rotatable bonds is 3. The van der Waals surface area contributed by atoms with Gasteiger partial charge in [0, 0.05) is 23.6 Å². The molecule has 1 N–H and O–H groups in total. The van der Waals surface area contributed by atoms with E-state index in [1.807, 2.05) is 36.2 Å². The second-order valence-electron chi connectivity index (χ2n) is 4.77. The van der Waals surface area contributed by atoms with Crippen LogP contribution in [0, 0.1) is 0 Å². The average molecular weight is 311 g/mol. The highest BCUT2D eigenvalue weighted by atomic mass is 79.9. The molecule has 1 heterocycles. The number of hydrogen-bond donors (Lipinski definition) is 1. The summed E-state index contributed by atoms with van der Waals surface area (Å²) in [7, 11) is 1.97. The van der Waals surface area contributed by atoms with Crippen LogP contribution in [0.3, 0.4) is 0 Å². The summed E-state index contributed by atoms with van der Waals surface area (Å²) in [4.78, 5) is 14.2. The van der Waals surface area contributed by atoms with Crippen LogP contribution in [0.5, 0.6) is 0 Å². The molecule has 0 radical (unpaired) electrons. The van der Waals surface area contributed by atoms with Gasteiger partial charge in [0.15, 0.2) is 0 Å². The molecule has 3 nitrogen and oxygen atoms in total. The maximum Gasteiger partial charge on any atom is 0.227 e. The maximum absolute atomic E-state index is 12.2. The van der Waals surface area contributed by atoms with Gasteiger partial charge < -0.3 is 10.2 Å². The average Bonchev–Trinajstić information content (AvgIpc) is 2.41. The van der Waals surface area contributed by atoms with E-state index in [0.717, 1.165) is 29.5 Å². The highest BCUT2D eigenvalue weighted by Gasteiger charge is 2.22. The van der Waals surface area contributed by atoms with Crippen molar-refractivity contribution < 1.29 is 4.79 Å². The number of benzene rings is 1. The number of carbonyl (C=O) groups is 1. The van der Waals surface area contributed by atoms with Crippen molar-refractivity contribution in [1.29, 1.82) is 0 Å². The van der Waals surface area contributed by atoms with Crippen LogP contribution in [0.2, 0.25) is 0 Å². The smallest absolute Gasteiger partial charge is 0.227 e. The number of nitrogens with one attached hydrogen (secondary N) is 1. The molecule has 0 unspecified atom stereocenters. The Morgan fingerprint density at radius 1 is 1.44 bits per heavy atom. The Hall–Kier alpha value is -0.870. The van der Waals surface area contributed by atoms with Crippen molar-refractivity contribution >= 4 is 21.8 Å². The fraction of sp³-hybridized carbons (Fsp3) is 0.500. The van der Waals surface area contributed by atoms with E-state index in [1.54, 1.807) is 0 Å². The molecule has 0 saturated carbocycles. The molecule has 98 valence electrons. The number of likely N-dealkylation sites (N-methyl/N-ethyl adjacent to an activating group) is 1. The van der Waals surface area contributed by atoms with Crippen LogP contribution >= 0.6 is 15.9 Å². The molecule has 1 aliphatic heterocycles. The van der Waals surface area contributed by atoms with Crippen molar-refractivity contribution in [2.75, 3.05) is 20.1 Å². The number of amides is 1.